The number of nitrogens with one attached hydrogen (secondary N) is 1. The molecule has 3 fully saturated rings. The molecule has 1 aromatic rings. The van der Waals surface area contributed by atoms with Gasteiger partial charge < -0.3 is 5.32 Å². The Bertz CT molecular complexity index is 422. The molecule has 16 heavy (non-hydrogen) atoms. The standard InChI is InChI=1S/C13H15Cl2N/c1-16-8-12-5-13(6-12,7-12)9-2-3-10(14)11(15)4-9/h2-4,16H,5-8H2,1H3. The van der Waals surface area contributed by atoms with Gasteiger partial charge in [-0.3, -0.25) is 0 Å². The molecule has 0 aromatic heterocycles. The first-order valence-electron chi connectivity index (χ1n) is 5.69. The summed E-state index contributed by atoms with van der Waals surface area (Å²) >= 11 is 12.0. The van der Waals surface area contributed by atoms with Crippen LogP contribution in [0.15, 0.2) is 18.2 Å². The predicted octanol–water partition coefficient (Wildman–Crippen LogP) is 3.63. The molecule has 1 aromatic carbocycles. The Kier molecular flexibility index (Phi) is 2.30. The van der Waals surface area contributed by atoms with Gasteiger partial charge in [-0.2, -0.15) is 0 Å². The van der Waals surface area contributed by atoms with Crippen molar-refractivity contribution in [3.63, 3.8) is 0 Å². The van der Waals surface area contributed by atoms with Crippen LogP contribution in [0.5, 0.6) is 0 Å². The van der Waals surface area contributed by atoms with E-state index < -0.39 is 0 Å². The zero-order valence-electron chi connectivity index (χ0n) is 9.32. The van der Waals surface area contributed by atoms with E-state index in [1.54, 1.807) is 0 Å². The molecule has 0 heterocycles. The smallest absolute Gasteiger partial charge is 0.0595 e. The van der Waals surface area contributed by atoms with E-state index in [2.05, 4.69) is 11.4 Å². The summed E-state index contributed by atoms with van der Waals surface area (Å²) in [5.41, 5.74) is 2.38. The molecule has 3 aliphatic rings. The molecule has 0 radical (unpaired) electrons. The van der Waals surface area contributed by atoms with Gasteiger partial charge in [-0.05, 0) is 54.8 Å². The third kappa shape index (κ3) is 1.35. The quantitative estimate of drug-likeness (QED) is 0.870. The second-order valence-electron chi connectivity index (χ2n) is 5.47. The van der Waals surface area contributed by atoms with E-state index in [0.717, 1.165) is 6.54 Å². The van der Waals surface area contributed by atoms with E-state index >= 15 is 0 Å². The van der Waals surface area contributed by atoms with Crippen LogP contribution in [0.1, 0.15) is 24.8 Å². The normalized spacial score (nSPS) is 35.4. The first kappa shape index (κ1) is 10.9. The van der Waals surface area contributed by atoms with Crippen molar-refractivity contribution in [2.24, 2.45) is 5.41 Å². The third-order valence-corrected chi connectivity index (χ3v) is 4.96. The van der Waals surface area contributed by atoms with Crippen LogP contribution in [0, 0.1) is 5.41 Å². The van der Waals surface area contributed by atoms with Gasteiger partial charge >= 0.3 is 0 Å². The molecule has 0 aliphatic heterocycles. The van der Waals surface area contributed by atoms with Gasteiger partial charge in [-0.1, -0.05) is 29.3 Å². The minimum Gasteiger partial charge on any atom is -0.319 e. The van der Waals surface area contributed by atoms with Crippen LogP contribution in [-0.2, 0) is 5.41 Å². The fourth-order valence-corrected chi connectivity index (χ4v) is 3.99. The maximum absolute atomic E-state index is 6.07. The second kappa shape index (κ2) is 3.38. The Morgan fingerprint density at radius 2 is 1.88 bits per heavy atom. The number of hydrogen-bond donors (Lipinski definition) is 1. The molecule has 3 saturated carbocycles. The molecule has 86 valence electrons. The molecule has 3 heteroatoms. The highest BCUT2D eigenvalue weighted by Crippen LogP contribution is 2.73. The first-order valence-corrected chi connectivity index (χ1v) is 6.45. The summed E-state index contributed by atoms with van der Waals surface area (Å²) in [6, 6.07) is 6.10. The van der Waals surface area contributed by atoms with Crippen molar-refractivity contribution in [2.45, 2.75) is 24.7 Å². The Morgan fingerprint density at radius 1 is 1.19 bits per heavy atom. The molecule has 3 aliphatic carbocycles. The summed E-state index contributed by atoms with van der Waals surface area (Å²) < 4.78 is 0. The number of benzene rings is 1. The topological polar surface area (TPSA) is 12.0 Å². The minimum atomic E-state index is 0.422. The van der Waals surface area contributed by atoms with Crippen LogP contribution in [0.25, 0.3) is 0 Å². The van der Waals surface area contributed by atoms with Gasteiger partial charge in [0.2, 0.25) is 0 Å². The first-order chi connectivity index (χ1) is 7.59. The van der Waals surface area contributed by atoms with Gasteiger partial charge in [-0.15, -0.1) is 0 Å². The van der Waals surface area contributed by atoms with Crippen molar-refractivity contribution in [2.75, 3.05) is 13.6 Å². The molecule has 0 unspecified atom stereocenters. The van der Waals surface area contributed by atoms with Crippen molar-refractivity contribution in [1.29, 1.82) is 0 Å². The molecular weight excluding hydrogens is 241 g/mol. The van der Waals surface area contributed by atoms with Gasteiger partial charge in [0.1, 0.15) is 0 Å². The third-order valence-electron chi connectivity index (χ3n) is 4.22. The zero-order chi connectivity index (χ0) is 11.4. The van der Waals surface area contributed by atoms with Crippen molar-refractivity contribution in [3.8, 4) is 0 Å². The van der Waals surface area contributed by atoms with Crippen molar-refractivity contribution in [1.82, 2.24) is 5.32 Å². The summed E-state index contributed by atoms with van der Waals surface area (Å²) in [6.45, 7) is 1.15. The number of rotatable bonds is 3. The van der Waals surface area contributed by atoms with E-state index in [0.29, 0.717) is 20.9 Å². The average molecular weight is 256 g/mol. The maximum Gasteiger partial charge on any atom is 0.0595 e. The van der Waals surface area contributed by atoms with E-state index in [4.69, 9.17) is 23.2 Å². The second-order valence-corrected chi connectivity index (χ2v) is 6.28. The Hall–Kier alpha value is -0.240. The highest BCUT2D eigenvalue weighted by atomic mass is 35.5. The van der Waals surface area contributed by atoms with Gasteiger partial charge in [0.15, 0.2) is 0 Å². The van der Waals surface area contributed by atoms with Crippen LogP contribution in [0.3, 0.4) is 0 Å². The molecule has 4 rings (SSSR count). The van der Waals surface area contributed by atoms with Crippen LogP contribution >= 0.6 is 23.2 Å². The van der Waals surface area contributed by atoms with Crippen LogP contribution in [-0.4, -0.2) is 13.6 Å². The van der Waals surface area contributed by atoms with Gasteiger partial charge in [0.05, 0.1) is 10.0 Å². The highest BCUT2D eigenvalue weighted by molar-refractivity contribution is 6.42. The Labute approximate surface area is 106 Å². The summed E-state index contributed by atoms with van der Waals surface area (Å²) in [5, 5.41) is 4.63. The molecular formula is C13H15Cl2N. The zero-order valence-corrected chi connectivity index (χ0v) is 10.8. The molecule has 0 atom stereocenters. The van der Waals surface area contributed by atoms with Crippen molar-refractivity contribution in [3.05, 3.63) is 33.8 Å². The lowest BCUT2D eigenvalue weighted by atomic mass is 9.33. The predicted molar refractivity (Wildman–Crippen MR) is 68.4 cm³/mol. The van der Waals surface area contributed by atoms with Gasteiger partial charge in [0, 0.05) is 6.54 Å². The highest BCUT2D eigenvalue weighted by Gasteiger charge is 2.67. The van der Waals surface area contributed by atoms with E-state index in [1.807, 2.05) is 19.2 Å². The van der Waals surface area contributed by atoms with E-state index in [9.17, 15) is 0 Å². The lowest BCUT2D eigenvalue weighted by molar-refractivity contribution is -0.137. The molecule has 1 N–H and O–H groups in total. The van der Waals surface area contributed by atoms with Gasteiger partial charge in [-0.25, -0.2) is 0 Å². The van der Waals surface area contributed by atoms with Gasteiger partial charge in [0.25, 0.3) is 0 Å². The minimum absolute atomic E-state index is 0.422. The van der Waals surface area contributed by atoms with Crippen LogP contribution in [0.4, 0.5) is 0 Å². The molecule has 0 saturated heterocycles. The molecule has 0 spiro atoms. The number of halogens is 2. The summed E-state index contributed by atoms with van der Waals surface area (Å²) in [6.07, 6.45) is 3.91. The lowest BCUT2D eigenvalue weighted by Gasteiger charge is -2.71. The lowest BCUT2D eigenvalue weighted by Crippen LogP contribution is -2.67. The largest absolute Gasteiger partial charge is 0.319 e. The fraction of sp³-hybridized carbons (Fsp3) is 0.538. The van der Waals surface area contributed by atoms with Crippen LogP contribution in [0.2, 0.25) is 10.0 Å². The van der Waals surface area contributed by atoms with E-state index in [-0.39, 0.29) is 0 Å². The molecule has 1 nitrogen and oxygen atoms in total. The Morgan fingerprint density at radius 3 is 2.44 bits per heavy atom. The SMILES string of the molecule is CNCC12CC(c3ccc(Cl)c(Cl)c3)(C1)C2. The van der Waals surface area contributed by atoms with Crippen molar-refractivity contribution >= 4 is 23.2 Å². The number of hydrogen-bond acceptors (Lipinski definition) is 1. The summed E-state index contributed by atoms with van der Waals surface area (Å²) in [7, 11) is 2.03. The van der Waals surface area contributed by atoms with E-state index in [1.165, 1.54) is 24.8 Å². The Balaban J connectivity index is 1.80. The molecule has 0 amide bonds. The van der Waals surface area contributed by atoms with Crippen molar-refractivity contribution < 1.29 is 0 Å². The molecule has 2 bridgehead atoms. The average Bonchev–Trinajstić information content (AvgIpc) is 2.14. The monoisotopic (exact) mass is 255 g/mol. The summed E-state index contributed by atoms with van der Waals surface area (Å²) in [5.74, 6) is 0. The fourth-order valence-electron chi connectivity index (χ4n) is 3.69. The maximum atomic E-state index is 6.07. The van der Waals surface area contributed by atoms with Crippen LogP contribution < -0.4 is 5.32 Å². The summed E-state index contributed by atoms with van der Waals surface area (Å²) in [4.78, 5) is 0.